The number of anilines is 2. The fraction of sp³-hybridized carbons (Fsp3) is 0.391. The zero-order valence-corrected chi connectivity index (χ0v) is 17.7. The van der Waals surface area contributed by atoms with Crippen LogP contribution in [-0.2, 0) is 9.59 Å². The molecule has 1 aliphatic heterocycles. The highest BCUT2D eigenvalue weighted by Gasteiger charge is 2.26. The van der Waals surface area contributed by atoms with Gasteiger partial charge in [0.25, 0.3) is 0 Å². The van der Waals surface area contributed by atoms with Crippen molar-refractivity contribution in [3.8, 4) is 0 Å². The van der Waals surface area contributed by atoms with Crippen molar-refractivity contribution < 1.29 is 14.0 Å². The molecule has 0 aliphatic carbocycles. The van der Waals surface area contributed by atoms with E-state index in [4.69, 9.17) is 0 Å². The van der Waals surface area contributed by atoms with Gasteiger partial charge in [-0.3, -0.25) is 14.5 Å². The number of amides is 2. The lowest BCUT2D eigenvalue weighted by molar-refractivity contribution is -0.128. The van der Waals surface area contributed by atoms with Gasteiger partial charge < -0.3 is 15.5 Å². The van der Waals surface area contributed by atoms with Crippen molar-refractivity contribution in [1.82, 2.24) is 10.2 Å². The second kappa shape index (κ2) is 9.71. The van der Waals surface area contributed by atoms with Gasteiger partial charge in [0.05, 0.1) is 18.3 Å². The van der Waals surface area contributed by atoms with Gasteiger partial charge in [-0.15, -0.1) is 0 Å². The molecule has 0 aromatic heterocycles. The van der Waals surface area contributed by atoms with Crippen LogP contribution in [0.15, 0.2) is 42.5 Å². The molecule has 0 bridgehead atoms. The predicted octanol–water partition coefficient (Wildman–Crippen LogP) is 2.71. The van der Waals surface area contributed by atoms with E-state index < -0.39 is 0 Å². The molecule has 6 nitrogen and oxygen atoms in total. The van der Waals surface area contributed by atoms with Crippen LogP contribution in [0.25, 0.3) is 0 Å². The maximum atomic E-state index is 14.0. The molecule has 2 aromatic rings. The molecule has 1 atom stereocenters. The van der Waals surface area contributed by atoms with Crippen LogP contribution in [0, 0.1) is 19.7 Å². The normalized spacial score (nSPS) is 15.5. The Morgan fingerprint density at radius 1 is 1.00 bits per heavy atom. The van der Waals surface area contributed by atoms with E-state index in [1.807, 2.05) is 49.9 Å². The summed E-state index contributed by atoms with van der Waals surface area (Å²) in [4.78, 5) is 28.8. The third kappa shape index (κ3) is 5.16. The zero-order chi connectivity index (χ0) is 21.7. The van der Waals surface area contributed by atoms with Gasteiger partial charge in [0.2, 0.25) is 11.8 Å². The topological polar surface area (TPSA) is 64.7 Å². The quantitative estimate of drug-likeness (QED) is 0.766. The van der Waals surface area contributed by atoms with Crippen molar-refractivity contribution in [3.05, 3.63) is 59.4 Å². The number of nitrogens with one attached hydrogen (secondary N) is 2. The number of aryl methyl sites for hydroxylation is 2. The molecular formula is C23H29FN4O2. The number of piperazine rings is 1. The highest BCUT2D eigenvalue weighted by Crippen LogP contribution is 2.21. The Morgan fingerprint density at radius 2 is 1.63 bits per heavy atom. The van der Waals surface area contributed by atoms with Gasteiger partial charge in [0.15, 0.2) is 0 Å². The molecule has 2 aromatic carbocycles. The summed E-state index contributed by atoms with van der Waals surface area (Å²) in [6.45, 7) is 8.21. The molecule has 0 saturated carbocycles. The first-order valence-corrected chi connectivity index (χ1v) is 10.2. The molecular weight excluding hydrogens is 383 g/mol. The van der Waals surface area contributed by atoms with Crippen molar-refractivity contribution in [1.29, 1.82) is 0 Å². The van der Waals surface area contributed by atoms with E-state index in [1.165, 1.54) is 6.07 Å². The van der Waals surface area contributed by atoms with E-state index in [0.29, 0.717) is 31.9 Å². The van der Waals surface area contributed by atoms with Gasteiger partial charge >= 0.3 is 0 Å². The van der Waals surface area contributed by atoms with Gasteiger partial charge in [0.1, 0.15) is 5.82 Å². The lowest BCUT2D eigenvalue weighted by Gasteiger charge is -2.38. The molecule has 1 fully saturated rings. The molecule has 1 aliphatic rings. The molecule has 0 spiro atoms. The number of para-hydroxylation sites is 2. The highest BCUT2D eigenvalue weighted by atomic mass is 19.1. The van der Waals surface area contributed by atoms with Crippen LogP contribution in [0.1, 0.15) is 18.1 Å². The van der Waals surface area contributed by atoms with Crippen LogP contribution in [0.3, 0.4) is 0 Å². The second-order valence-electron chi connectivity index (χ2n) is 7.68. The molecule has 1 heterocycles. The zero-order valence-electron chi connectivity index (χ0n) is 17.7. The number of carbonyl (C=O) groups is 2. The molecule has 7 heteroatoms. The third-order valence-electron chi connectivity index (χ3n) is 5.60. The van der Waals surface area contributed by atoms with Crippen LogP contribution in [-0.4, -0.2) is 55.5 Å². The fourth-order valence-corrected chi connectivity index (χ4v) is 3.73. The van der Waals surface area contributed by atoms with E-state index in [9.17, 15) is 14.0 Å². The second-order valence-corrected chi connectivity index (χ2v) is 7.68. The Morgan fingerprint density at radius 3 is 2.27 bits per heavy atom. The SMILES string of the molecule is Cc1cccc(C)c1NC(=O)CNC(=O)[C@H](C)N1CCN(c2ccccc2F)CC1. The minimum Gasteiger partial charge on any atom is -0.367 e. The van der Waals surface area contributed by atoms with Crippen molar-refractivity contribution in [2.24, 2.45) is 0 Å². The van der Waals surface area contributed by atoms with E-state index in [-0.39, 0.29) is 30.2 Å². The highest BCUT2D eigenvalue weighted by molar-refractivity contribution is 5.96. The lowest BCUT2D eigenvalue weighted by atomic mass is 10.1. The largest absolute Gasteiger partial charge is 0.367 e. The molecule has 160 valence electrons. The summed E-state index contributed by atoms with van der Waals surface area (Å²) in [5.41, 5.74) is 3.35. The number of benzene rings is 2. The Balaban J connectivity index is 1.47. The maximum Gasteiger partial charge on any atom is 0.243 e. The number of rotatable bonds is 6. The minimum absolute atomic E-state index is 0.0772. The summed E-state index contributed by atoms with van der Waals surface area (Å²) in [7, 11) is 0. The van der Waals surface area contributed by atoms with Crippen LogP contribution >= 0.6 is 0 Å². The Hall–Kier alpha value is -2.93. The van der Waals surface area contributed by atoms with Gasteiger partial charge in [-0.25, -0.2) is 4.39 Å². The third-order valence-corrected chi connectivity index (χ3v) is 5.60. The Labute approximate surface area is 177 Å². The smallest absolute Gasteiger partial charge is 0.243 e. The first-order valence-electron chi connectivity index (χ1n) is 10.2. The van der Waals surface area contributed by atoms with Crippen LogP contribution in [0.2, 0.25) is 0 Å². The van der Waals surface area contributed by atoms with Crippen LogP contribution in [0.5, 0.6) is 0 Å². The van der Waals surface area contributed by atoms with Gasteiger partial charge in [-0.1, -0.05) is 30.3 Å². The van der Waals surface area contributed by atoms with E-state index >= 15 is 0 Å². The number of hydrogen-bond donors (Lipinski definition) is 2. The van der Waals surface area contributed by atoms with E-state index in [0.717, 1.165) is 16.8 Å². The summed E-state index contributed by atoms with van der Waals surface area (Å²) in [5.74, 6) is -0.671. The Bertz CT molecular complexity index is 890. The standard InChI is InChI=1S/C23H29FN4O2/c1-16-7-6-8-17(2)22(16)26-21(29)15-25-23(30)18(3)27-11-13-28(14-12-27)20-10-5-4-9-19(20)24/h4-10,18H,11-15H2,1-3H3,(H,25,30)(H,26,29)/t18-/m0/s1. The molecule has 3 rings (SSSR count). The van der Waals surface area contributed by atoms with Crippen LogP contribution in [0.4, 0.5) is 15.8 Å². The van der Waals surface area contributed by atoms with Crippen molar-refractivity contribution in [2.75, 3.05) is 42.9 Å². The van der Waals surface area contributed by atoms with Gasteiger partial charge in [-0.05, 0) is 44.0 Å². The fourth-order valence-electron chi connectivity index (χ4n) is 3.73. The summed E-state index contributed by atoms with van der Waals surface area (Å²) in [5, 5.41) is 5.60. The average Bonchev–Trinajstić information content (AvgIpc) is 2.75. The average molecular weight is 413 g/mol. The van der Waals surface area contributed by atoms with Gasteiger partial charge in [-0.2, -0.15) is 0 Å². The number of nitrogens with zero attached hydrogens (tertiary/aromatic N) is 2. The monoisotopic (exact) mass is 412 g/mol. The molecule has 0 radical (unpaired) electrons. The molecule has 30 heavy (non-hydrogen) atoms. The van der Waals surface area contributed by atoms with Crippen molar-refractivity contribution in [2.45, 2.75) is 26.8 Å². The van der Waals surface area contributed by atoms with E-state index in [1.54, 1.807) is 12.1 Å². The molecule has 1 saturated heterocycles. The lowest BCUT2D eigenvalue weighted by Crippen LogP contribution is -2.54. The van der Waals surface area contributed by atoms with Gasteiger partial charge in [0, 0.05) is 31.9 Å². The van der Waals surface area contributed by atoms with Crippen LogP contribution < -0.4 is 15.5 Å². The first-order chi connectivity index (χ1) is 14.4. The van der Waals surface area contributed by atoms with Crippen molar-refractivity contribution >= 4 is 23.2 Å². The number of carbonyl (C=O) groups excluding carboxylic acids is 2. The van der Waals surface area contributed by atoms with E-state index in [2.05, 4.69) is 15.5 Å². The number of halogens is 1. The summed E-state index contributed by atoms with van der Waals surface area (Å²) >= 11 is 0. The summed E-state index contributed by atoms with van der Waals surface area (Å²) < 4.78 is 14.0. The summed E-state index contributed by atoms with van der Waals surface area (Å²) in [6.07, 6.45) is 0. The molecule has 2 N–H and O–H groups in total. The minimum atomic E-state index is -0.360. The molecule has 2 amide bonds. The predicted molar refractivity (Wildman–Crippen MR) is 117 cm³/mol. The first kappa shape index (κ1) is 21.8. The van der Waals surface area contributed by atoms with Crippen molar-refractivity contribution in [3.63, 3.8) is 0 Å². The molecule has 0 unspecified atom stereocenters. The number of hydrogen-bond acceptors (Lipinski definition) is 4. The maximum absolute atomic E-state index is 14.0. The summed E-state index contributed by atoms with van der Waals surface area (Å²) in [6, 6.07) is 12.2. The Kier molecular flexibility index (Phi) is 7.05.